The van der Waals surface area contributed by atoms with Gasteiger partial charge in [0, 0.05) is 0 Å². The van der Waals surface area contributed by atoms with Crippen LogP contribution in [-0.2, 0) is 16.9 Å². The van der Waals surface area contributed by atoms with Crippen molar-refractivity contribution < 1.29 is 59.7 Å². The molecule has 168 valence electrons. The van der Waals surface area contributed by atoms with Crippen LogP contribution < -0.4 is 18.8 Å². The largest absolute Gasteiger partial charge is 0.699 e. The second kappa shape index (κ2) is 9.58. The van der Waals surface area contributed by atoms with E-state index in [1.54, 1.807) is 0 Å². The molecule has 0 bridgehead atoms. The third-order valence-corrected chi connectivity index (χ3v) is 3.66. The average molecular weight is 454 g/mol. The van der Waals surface area contributed by atoms with Gasteiger partial charge in [0.2, 0.25) is 0 Å². The highest BCUT2D eigenvalue weighted by atomic mass is 19.4. The fourth-order valence-corrected chi connectivity index (χ4v) is 2.35. The minimum Gasteiger partial charge on any atom is -0.513 e. The van der Waals surface area contributed by atoms with Gasteiger partial charge in [0.25, 0.3) is 0 Å². The van der Waals surface area contributed by atoms with Crippen LogP contribution >= 0.6 is 0 Å². The Hall–Kier alpha value is -2.77. The molecule has 7 nitrogen and oxygen atoms in total. The highest BCUT2D eigenvalue weighted by Gasteiger charge is 2.37. The number of halogens is 6. The number of methoxy groups -OCH3 is 2. The minimum atomic E-state index is -4.79. The van der Waals surface area contributed by atoms with Crippen LogP contribution in [0.2, 0.25) is 0 Å². The van der Waals surface area contributed by atoms with Crippen LogP contribution in [0.5, 0.6) is 23.0 Å². The van der Waals surface area contributed by atoms with Crippen molar-refractivity contribution in [2.45, 2.75) is 12.4 Å². The molecule has 0 amide bonds. The van der Waals surface area contributed by atoms with Gasteiger partial charge in [-0.15, -0.1) is 0 Å². The highest BCUT2D eigenvalue weighted by Crippen LogP contribution is 2.39. The predicted octanol–water partition coefficient (Wildman–Crippen LogP) is 3.17. The van der Waals surface area contributed by atoms with E-state index in [1.165, 1.54) is 0 Å². The second-order valence-electron chi connectivity index (χ2n) is 5.71. The summed E-state index contributed by atoms with van der Waals surface area (Å²) >= 11 is 0. The van der Waals surface area contributed by atoms with E-state index in [0.29, 0.717) is 12.1 Å². The SMILES string of the molecule is COc1ccc(OB(O)OB(O)Oc2ccc(OC)c(C(F)(F)F)c2)cc1C(F)(F)F. The third kappa shape index (κ3) is 6.60. The molecule has 2 N–H and O–H groups in total. The van der Waals surface area contributed by atoms with Gasteiger partial charge in [-0.3, -0.25) is 0 Å². The summed E-state index contributed by atoms with van der Waals surface area (Å²) in [5.41, 5.74) is -2.40. The number of rotatable bonds is 8. The zero-order valence-electron chi connectivity index (χ0n) is 15.8. The number of ether oxygens (including phenoxy) is 2. The van der Waals surface area contributed by atoms with Gasteiger partial charge in [0.1, 0.15) is 34.1 Å². The Morgan fingerprint density at radius 3 is 1.32 bits per heavy atom. The molecule has 0 saturated carbocycles. The van der Waals surface area contributed by atoms with Crippen LogP contribution in [0.25, 0.3) is 0 Å². The summed E-state index contributed by atoms with van der Waals surface area (Å²) in [6, 6.07) is 4.91. The van der Waals surface area contributed by atoms with Gasteiger partial charge >= 0.3 is 27.0 Å². The van der Waals surface area contributed by atoms with Crippen molar-refractivity contribution in [3.8, 4) is 23.0 Å². The molecule has 31 heavy (non-hydrogen) atoms. The van der Waals surface area contributed by atoms with Crippen molar-refractivity contribution in [3.05, 3.63) is 47.5 Å². The van der Waals surface area contributed by atoms with Crippen LogP contribution in [0.15, 0.2) is 36.4 Å². The number of benzene rings is 2. The van der Waals surface area contributed by atoms with Crippen LogP contribution in [0.3, 0.4) is 0 Å². The smallest absolute Gasteiger partial charge is 0.513 e. The molecular weight excluding hydrogens is 440 g/mol. The Morgan fingerprint density at radius 1 is 0.677 bits per heavy atom. The molecule has 0 aliphatic carbocycles. The zero-order chi connectivity index (χ0) is 23.4. The normalized spacial score (nSPS) is 11.7. The van der Waals surface area contributed by atoms with Gasteiger partial charge < -0.3 is 33.4 Å². The molecule has 0 atom stereocenters. The maximum Gasteiger partial charge on any atom is 0.699 e. The zero-order valence-corrected chi connectivity index (χ0v) is 15.8. The van der Waals surface area contributed by atoms with E-state index < -0.39 is 61.1 Å². The molecule has 0 spiro atoms. The quantitative estimate of drug-likeness (QED) is 0.469. The van der Waals surface area contributed by atoms with E-state index >= 15 is 0 Å². The molecule has 15 heteroatoms. The van der Waals surface area contributed by atoms with Crippen molar-refractivity contribution in [2.24, 2.45) is 0 Å². The molecule has 2 rings (SSSR count). The van der Waals surface area contributed by atoms with Crippen LogP contribution in [0, 0.1) is 0 Å². The Bertz CT molecular complexity index is 822. The van der Waals surface area contributed by atoms with Crippen molar-refractivity contribution >= 4 is 14.6 Å². The first-order chi connectivity index (χ1) is 14.3. The van der Waals surface area contributed by atoms with Gasteiger partial charge in [0.05, 0.1) is 14.2 Å². The Labute approximate surface area is 172 Å². The summed E-state index contributed by atoms with van der Waals surface area (Å²) in [6.45, 7) is 0. The van der Waals surface area contributed by atoms with Crippen molar-refractivity contribution in [1.82, 2.24) is 0 Å². The third-order valence-electron chi connectivity index (χ3n) is 3.66. The molecule has 0 aliphatic rings. The van der Waals surface area contributed by atoms with Crippen molar-refractivity contribution in [1.29, 1.82) is 0 Å². The Balaban J connectivity index is 2.06. The molecule has 2 aromatic carbocycles. The molecule has 0 heterocycles. The van der Waals surface area contributed by atoms with E-state index in [0.717, 1.165) is 38.5 Å². The molecular formula is C16H14B2F6O7. The van der Waals surface area contributed by atoms with E-state index in [4.69, 9.17) is 9.31 Å². The first kappa shape index (κ1) is 24.5. The summed E-state index contributed by atoms with van der Waals surface area (Å²) in [5, 5.41) is 19.3. The Morgan fingerprint density at radius 2 is 1.03 bits per heavy atom. The summed E-state index contributed by atoms with van der Waals surface area (Å²) < 4.78 is 101. The lowest BCUT2D eigenvalue weighted by Crippen LogP contribution is -2.38. The van der Waals surface area contributed by atoms with Gasteiger partial charge in [-0.25, -0.2) is 0 Å². The van der Waals surface area contributed by atoms with Crippen molar-refractivity contribution in [3.63, 3.8) is 0 Å². The van der Waals surface area contributed by atoms with Crippen LogP contribution in [0.1, 0.15) is 11.1 Å². The van der Waals surface area contributed by atoms with Crippen LogP contribution in [0.4, 0.5) is 26.3 Å². The molecule has 0 fully saturated rings. The first-order valence-corrected chi connectivity index (χ1v) is 8.20. The van der Waals surface area contributed by atoms with E-state index in [-0.39, 0.29) is 0 Å². The summed E-state index contributed by atoms with van der Waals surface area (Å²) in [6.07, 6.45) is -9.58. The maximum atomic E-state index is 13.0. The lowest BCUT2D eigenvalue weighted by Gasteiger charge is -2.17. The molecule has 0 aliphatic heterocycles. The minimum absolute atomic E-state index is 0.501. The van der Waals surface area contributed by atoms with Crippen LogP contribution in [-0.4, -0.2) is 38.9 Å². The topological polar surface area (TPSA) is 86.6 Å². The molecule has 0 unspecified atom stereocenters. The second-order valence-corrected chi connectivity index (χ2v) is 5.71. The number of hydrogen-bond acceptors (Lipinski definition) is 7. The molecule has 0 radical (unpaired) electrons. The summed E-state index contributed by atoms with van der Waals surface area (Å²) in [7, 11) is -2.60. The fraction of sp³-hybridized carbons (Fsp3) is 0.250. The summed E-state index contributed by atoms with van der Waals surface area (Å²) in [4.78, 5) is 0. The lowest BCUT2D eigenvalue weighted by atomic mass is 10.1. The lowest BCUT2D eigenvalue weighted by molar-refractivity contribution is -0.139. The van der Waals surface area contributed by atoms with E-state index in [1.807, 2.05) is 0 Å². The van der Waals surface area contributed by atoms with Gasteiger partial charge in [-0.2, -0.15) is 26.3 Å². The Kier molecular flexibility index (Phi) is 7.57. The first-order valence-electron chi connectivity index (χ1n) is 8.20. The van der Waals surface area contributed by atoms with Crippen molar-refractivity contribution in [2.75, 3.05) is 14.2 Å². The number of hydrogen-bond donors (Lipinski definition) is 2. The van der Waals surface area contributed by atoms with Gasteiger partial charge in [-0.1, -0.05) is 0 Å². The fourth-order valence-electron chi connectivity index (χ4n) is 2.35. The average Bonchev–Trinajstić information content (AvgIpc) is 2.66. The predicted molar refractivity (Wildman–Crippen MR) is 94.3 cm³/mol. The standard InChI is InChI=1S/C16H14B2F6O7/c1-27-13-5-3-9(7-11(13)15(19,20)21)29-17(25)31-18(26)30-10-4-6-14(28-2)12(8-10)16(22,23)24/h3-8,25-26H,1-2H3. The molecule has 2 aromatic rings. The van der Waals surface area contributed by atoms with Gasteiger partial charge in [-0.05, 0) is 36.4 Å². The monoisotopic (exact) mass is 454 g/mol. The summed E-state index contributed by atoms with van der Waals surface area (Å²) in [5.74, 6) is -2.01. The maximum absolute atomic E-state index is 13.0. The van der Waals surface area contributed by atoms with E-state index in [2.05, 4.69) is 14.0 Å². The van der Waals surface area contributed by atoms with E-state index in [9.17, 15) is 36.4 Å². The highest BCUT2D eigenvalue weighted by molar-refractivity contribution is 6.51. The number of alkyl halides is 6. The van der Waals surface area contributed by atoms with Gasteiger partial charge in [0.15, 0.2) is 0 Å². The molecule has 0 aromatic heterocycles. The molecule has 0 saturated heterocycles.